The topological polar surface area (TPSA) is 75.7 Å². The van der Waals surface area contributed by atoms with Crippen LogP contribution in [0, 0.1) is 5.82 Å². The van der Waals surface area contributed by atoms with Gasteiger partial charge >= 0.3 is 0 Å². The number of sulfonamides is 1. The first-order valence-electron chi connectivity index (χ1n) is 9.40. The summed E-state index contributed by atoms with van der Waals surface area (Å²) in [5.74, 6) is -0.184. The summed E-state index contributed by atoms with van der Waals surface area (Å²) in [4.78, 5) is 13.1. The van der Waals surface area contributed by atoms with E-state index >= 15 is 0 Å². The fraction of sp³-hybridized carbons (Fsp3) is 0.381. The Bertz CT molecular complexity index is 915. The minimum atomic E-state index is -3.77. The zero-order valence-electron chi connectivity index (χ0n) is 17.1. The van der Waals surface area contributed by atoms with Gasteiger partial charge in [-0.1, -0.05) is 26.0 Å². The summed E-state index contributed by atoms with van der Waals surface area (Å²) in [5, 5.41) is 2.95. The zero-order valence-corrected chi connectivity index (χ0v) is 17.9. The number of anilines is 1. The predicted molar refractivity (Wildman–Crippen MR) is 112 cm³/mol. The summed E-state index contributed by atoms with van der Waals surface area (Å²) in [5.41, 5.74) is 1.14. The molecule has 158 valence electrons. The van der Waals surface area contributed by atoms with E-state index in [9.17, 15) is 17.6 Å². The molecule has 0 aliphatic rings. The standard InChI is InChI=1S/C21H27FN2O4S/c1-5-19(15-7-13-18(28-3)14-8-15)23-21(25)20(6-2)24(29(4,26)27)17-11-9-16(22)10-12-17/h7-14,19-20H,5-6H2,1-4H3,(H,23,25)/t19-,20+/m0/s1. The van der Waals surface area contributed by atoms with Crippen molar-refractivity contribution < 1.29 is 22.3 Å². The molecular weight excluding hydrogens is 395 g/mol. The number of carbonyl (C=O) groups is 1. The molecule has 6 nitrogen and oxygen atoms in total. The molecule has 29 heavy (non-hydrogen) atoms. The van der Waals surface area contributed by atoms with Crippen molar-refractivity contribution in [3.63, 3.8) is 0 Å². The van der Waals surface area contributed by atoms with E-state index in [0.717, 1.165) is 16.1 Å². The number of halogens is 1. The SMILES string of the molecule is CC[C@H](NC(=O)[C@@H](CC)N(c1ccc(F)cc1)S(C)(=O)=O)c1ccc(OC)cc1. The molecule has 2 rings (SSSR count). The number of hydrogen-bond acceptors (Lipinski definition) is 4. The lowest BCUT2D eigenvalue weighted by atomic mass is 10.0. The van der Waals surface area contributed by atoms with Gasteiger partial charge in [0.25, 0.3) is 0 Å². The first kappa shape index (κ1) is 22.7. The third-order valence-electron chi connectivity index (χ3n) is 4.65. The first-order chi connectivity index (χ1) is 13.7. The van der Waals surface area contributed by atoms with Gasteiger partial charge in [-0.3, -0.25) is 9.10 Å². The summed E-state index contributed by atoms with van der Waals surface area (Å²) < 4.78 is 44.4. The number of nitrogens with one attached hydrogen (secondary N) is 1. The van der Waals surface area contributed by atoms with Crippen LogP contribution in [0.25, 0.3) is 0 Å². The zero-order chi connectivity index (χ0) is 21.6. The van der Waals surface area contributed by atoms with E-state index in [1.165, 1.54) is 24.3 Å². The van der Waals surface area contributed by atoms with Gasteiger partial charge < -0.3 is 10.1 Å². The highest BCUT2D eigenvalue weighted by atomic mass is 32.2. The van der Waals surface area contributed by atoms with E-state index in [1.807, 2.05) is 31.2 Å². The van der Waals surface area contributed by atoms with Crippen molar-refractivity contribution in [2.24, 2.45) is 0 Å². The van der Waals surface area contributed by atoms with Crippen LogP contribution in [0.4, 0.5) is 10.1 Å². The van der Waals surface area contributed by atoms with Crippen LogP contribution < -0.4 is 14.4 Å². The van der Waals surface area contributed by atoms with E-state index < -0.39 is 27.8 Å². The summed E-state index contributed by atoms with van der Waals surface area (Å²) in [6, 6.07) is 11.2. The van der Waals surface area contributed by atoms with E-state index in [2.05, 4.69) is 5.32 Å². The molecule has 2 aromatic rings. The second-order valence-corrected chi connectivity index (χ2v) is 8.56. The summed E-state index contributed by atoms with van der Waals surface area (Å²) in [6.07, 6.45) is 1.92. The molecule has 0 spiro atoms. The number of ether oxygens (including phenoxy) is 1. The Labute approximate surface area is 171 Å². The lowest BCUT2D eigenvalue weighted by Crippen LogP contribution is -2.50. The number of rotatable bonds is 9. The van der Waals surface area contributed by atoms with Gasteiger partial charge in [-0.2, -0.15) is 0 Å². The molecule has 8 heteroatoms. The van der Waals surface area contributed by atoms with Gasteiger partial charge in [0.05, 0.1) is 25.1 Å². The molecule has 0 bridgehead atoms. The maximum absolute atomic E-state index is 13.3. The molecule has 0 heterocycles. The van der Waals surface area contributed by atoms with E-state index in [4.69, 9.17) is 4.74 Å². The second kappa shape index (κ2) is 9.73. The molecule has 0 saturated heterocycles. The second-order valence-electron chi connectivity index (χ2n) is 6.70. The van der Waals surface area contributed by atoms with Crippen LogP contribution in [0.2, 0.25) is 0 Å². The number of nitrogens with zero attached hydrogens (tertiary/aromatic N) is 1. The quantitative estimate of drug-likeness (QED) is 0.669. The smallest absolute Gasteiger partial charge is 0.244 e. The fourth-order valence-electron chi connectivity index (χ4n) is 3.17. The van der Waals surface area contributed by atoms with Gasteiger partial charge in [0.15, 0.2) is 0 Å². The van der Waals surface area contributed by atoms with Crippen molar-refractivity contribution in [3.8, 4) is 5.75 Å². The van der Waals surface area contributed by atoms with Gasteiger partial charge in [0, 0.05) is 0 Å². The van der Waals surface area contributed by atoms with E-state index in [1.54, 1.807) is 14.0 Å². The van der Waals surface area contributed by atoms with Crippen molar-refractivity contribution in [1.82, 2.24) is 5.32 Å². The molecule has 0 radical (unpaired) electrons. The molecule has 0 saturated carbocycles. The Balaban J connectivity index is 2.30. The van der Waals surface area contributed by atoms with Gasteiger partial charge in [-0.15, -0.1) is 0 Å². The molecule has 0 aliphatic carbocycles. The molecule has 1 amide bonds. The monoisotopic (exact) mass is 422 g/mol. The van der Waals surface area contributed by atoms with Crippen LogP contribution >= 0.6 is 0 Å². The van der Waals surface area contributed by atoms with E-state index in [-0.39, 0.29) is 18.2 Å². The number of amides is 1. The number of carbonyl (C=O) groups excluding carboxylic acids is 1. The highest BCUT2D eigenvalue weighted by Gasteiger charge is 2.32. The molecule has 2 atom stereocenters. The molecule has 0 fully saturated rings. The van der Waals surface area contributed by atoms with Crippen LogP contribution in [0.15, 0.2) is 48.5 Å². The van der Waals surface area contributed by atoms with Crippen molar-refractivity contribution in [2.75, 3.05) is 17.7 Å². The van der Waals surface area contributed by atoms with Gasteiger partial charge in [0.2, 0.25) is 15.9 Å². The molecule has 0 aromatic heterocycles. The third kappa shape index (κ3) is 5.69. The molecular formula is C21H27FN2O4S. The average molecular weight is 423 g/mol. The Kier molecular flexibility index (Phi) is 7.61. The van der Waals surface area contributed by atoms with Gasteiger partial charge in [0.1, 0.15) is 17.6 Å². The minimum Gasteiger partial charge on any atom is -0.497 e. The van der Waals surface area contributed by atoms with Gasteiger partial charge in [-0.05, 0) is 54.8 Å². The largest absolute Gasteiger partial charge is 0.497 e. The Hall–Kier alpha value is -2.61. The number of hydrogen-bond donors (Lipinski definition) is 1. The van der Waals surface area contributed by atoms with Crippen molar-refractivity contribution in [1.29, 1.82) is 0 Å². The maximum Gasteiger partial charge on any atom is 0.244 e. The summed E-state index contributed by atoms with van der Waals surface area (Å²) >= 11 is 0. The lowest BCUT2D eigenvalue weighted by molar-refractivity contribution is -0.123. The average Bonchev–Trinajstić information content (AvgIpc) is 2.70. The van der Waals surface area contributed by atoms with Crippen molar-refractivity contribution >= 4 is 21.6 Å². The van der Waals surface area contributed by atoms with Crippen LogP contribution in [-0.2, 0) is 14.8 Å². The highest BCUT2D eigenvalue weighted by Crippen LogP contribution is 2.25. The highest BCUT2D eigenvalue weighted by molar-refractivity contribution is 7.92. The summed E-state index contributed by atoms with van der Waals surface area (Å²) in [6.45, 7) is 3.67. The lowest BCUT2D eigenvalue weighted by Gasteiger charge is -2.31. The molecule has 0 unspecified atom stereocenters. The predicted octanol–water partition coefficient (Wildman–Crippen LogP) is 3.65. The van der Waals surface area contributed by atoms with Crippen molar-refractivity contribution in [2.45, 2.75) is 38.8 Å². The third-order valence-corrected chi connectivity index (χ3v) is 5.83. The first-order valence-corrected chi connectivity index (χ1v) is 11.2. The number of benzene rings is 2. The number of methoxy groups -OCH3 is 1. The van der Waals surface area contributed by atoms with Gasteiger partial charge in [-0.25, -0.2) is 12.8 Å². The van der Waals surface area contributed by atoms with Crippen LogP contribution in [-0.4, -0.2) is 33.7 Å². The Morgan fingerprint density at radius 2 is 1.66 bits per heavy atom. The Morgan fingerprint density at radius 1 is 1.07 bits per heavy atom. The van der Waals surface area contributed by atoms with Crippen LogP contribution in [0.1, 0.15) is 38.3 Å². The van der Waals surface area contributed by atoms with E-state index in [0.29, 0.717) is 12.2 Å². The maximum atomic E-state index is 13.3. The normalized spacial score (nSPS) is 13.4. The van der Waals surface area contributed by atoms with Crippen LogP contribution in [0.5, 0.6) is 5.75 Å². The molecule has 1 N–H and O–H groups in total. The minimum absolute atomic E-state index is 0.244. The summed E-state index contributed by atoms with van der Waals surface area (Å²) in [7, 11) is -2.19. The van der Waals surface area contributed by atoms with Crippen LogP contribution in [0.3, 0.4) is 0 Å². The Morgan fingerprint density at radius 3 is 2.10 bits per heavy atom. The van der Waals surface area contributed by atoms with Crippen molar-refractivity contribution in [3.05, 3.63) is 59.9 Å². The molecule has 2 aromatic carbocycles. The fourth-order valence-corrected chi connectivity index (χ4v) is 4.39. The molecule has 0 aliphatic heterocycles.